The highest BCUT2D eigenvalue weighted by molar-refractivity contribution is 8.15. The summed E-state index contributed by atoms with van der Waals surface area (Å²) in [5.74, 6) is -2.58. The van der Waals surface area contributed by atoms with Crippen molar-refractivity contribution >= 4 is 44.1 Å². The van der Waals surface area contributed by atoms with Gasteiger partial charge in [0.05, 0.1) is 10.2 Å². The number of aromatic hydroxyl groups is 1. The first-order chi connectivity index (χ1) is 11.0. The fraction of sp³-hybridized carbons (Fsp3) is 0.438. The van der Waals surface area contributed by atoms with E-state index in [4.69, 9.17) is 0 Å². The Morgan fingerprint density at radius 3 is 2.67 bits per heavy atom. The van der Waals surface area contributed by atoms with E-state index in [-0.39, 0.29) is 16.0 Å². The highest BCUT2D eigenvalue weighted by atomic mass is 32.2. The number of fused-ring (bicyclic) bond motifs is 1. The number of hydrogen-bond acceptors (Lipinski definition) is 6. The van der Waals surface area contributed by atoms with Gasteiger partial charge in [0.15, 0.2) is 23.2 Å². The number of halogens is 2. The summed E-state index contributed by atoms with van der Waals surface area (Å²) in [4.78, 5) is 21.3. The molecule has 1 aromatic heterocycles. The molecule has 1 atom stereocenters. The van der Waals surface area contributed by atoms with E-state index in [1.54, 1.807) is 6.92 Å². The maximum atomic E-state index is 14.0. The van der Waals surface area contributed by atoms with Crippen LogP contribution in [-0.2, 0) is 4.79 Å². The van der Waals surface area contributed by atoms with Gasteiger partial charge in [-0.1, -0.05) is 20.8 Å². The number of phenolic OH excluding ortho intramolecular Hbond substituents is 1. The molecule has 0 fully saturated rings. The van der Waals surface area contributed by atoms with Crippen LogP contribution in [0.3, 0.4) is 0 Å². The van der Waals surface area contributed by atoms with Crippen molar-refractivity contribution in [2.24, 2.45) is 10.4 Å². The van der Waals surface area contributed by atoms with Crippen LogP contribution < -0.4 is 0 Å². The standard InChI is InChI=1S/C16H16F2N2O2S2/c1-15(2,3)14(22)16(4)6-23-13(20-16)12-19-8-5-7(17)10(21)9(18)11(8)24-12/h5,21H,6H2,1-4H3. The molecule has 1 aliphatic rings. The lowest BCUT2D eigenvalue weighted by Crippen LogP contribution is -2.42. The van der Waals surface area contributed by atoms with E-state index in [1.165, 1.54) is 11.8 Å². The lowest BCUT2D eigenvalue weighted by molar-refractivity contribution is -0.130. The summed E-state index contributed by atoms with van der Waals surface area (Å²) in [7, 11) is 0. The predicted octanol–water partition coefficient (Wildman–Crippen LogP) is 4.15. The molecule has 0 saturated carbocycles. The van der Waals surface area contributed by atoms with Crippen LogP contribution in [0.4, 0.5) is 8.78 Å². The first kappa shape index (κ1) is 17.3. The van der Waals surface area contributed by atoms with Gasteiger partial charge in [0.1, 0.15) is 15.6 Å². The van der Waals surface area contributed by atoms with Gasteiger partial charge >= 0.3 is 0 Å². The molecule has 1 aromatic carbocycles. The van der Waals surface area contributed by atoms with Crippen molar-refractivity contribution in [1.29, 1.82) is 0 Å². The van der Waals surface area contributed by atoms with E-state index in [9.17, 15) is 18.7 Å². The molecular formula is C16H16F2N2O2S2. The van der Waals surface area contributed by atoms with Crippen molar-refractivity contribution in [2.45, 2.75) is 33.2 Å². The van der Waals surface area contributed by atoms with Crippen LogP contribution in [0.15, 0.2) is 11.1 Å². The molecule has 0 aliphatic carbocycles. The molecule has 0 radical (unpaired) electrons. The second kappa shape index (κ2) is 5.49. The average Bonchev–Trinajstić information content (AvgIpc) is 3.08. The number of aliphatic imine (C=N–C) groups is 1. The van der Waals surface area contributed by atoms with E-state index in [1.807, 2.05) is 20.8 Å². The number of ketones is 1. The van der Waals surface area contributed by atoms with Gasteiger partial charge in [-0.25, -0.2) is 13.8 Å². The van der Waals surface area contributed by atoms with Gasteiger partial charge in [-0.15, -0.1) is 23.1 Å². The Labute approximate surface area is 146 Å². The van der Waals surface area contributed by atoms with Crippen molar-refractivity contribution in [2.75, 3.05) is 5.75 Å². The van der Waals surface area contributed by atoms with Crippen LogP contribution in [0.1, 0.15) is 32.7 Å². The van der Waals surface area contributed by atoms with E-state index in [0.29, 0.717) is 15.8 Å². The summed E-state index contributed by atoms with van der Waals surface area (Å²) in [6, 6.07) is 0.993. The second-order valence-electron chi connectivity index (χ2n) is 6.95. The number of thiazole rings is 1. The van der Waals surface area contributed by atoms with Crippen LogP contribution in [0, 0.1) is 17.0 Å². The maximum absolute atomic E-state index is 14.0. The molecule has 0 saturated heterocycles. The molecule has 24 heavy (non-hydrogen) atoms. The Balaban J connectivity index is 2.05. The zero-order chi connectivity index (χ0) is 17.9. The Morgan fingerprint density at radius 2 is 2.04 bits per heavy atom. The van der Waals surface area contributed by atoms with Crippen molar-refractivity contribution in [3.8, 4) is 5.75 Å². The molecule has 1 N–H and O–H groups in total. The summed E-state index contributed by atoms with van der Waals surface area (Å²) in [6.07, 6.45) is 0. The Hall–Kier alpha value is -1.54. The molecule has 3 rings (SSSR count). The van der Waals surface area contributed by atoms with Crippen LogP contribution in [0.5, 0.6) is 5.75 Å². The number of Topliss-reactive ketones (excluding diaryl/α,β-unsaturated/α-hetero) is 1. The quantitative estimate of drug-likeness (QED) is 0.863. The van der Waals surface area contributed by atoms with Crippen molar-refractivity contribution in [3.63, 3.8) is 0 Å². The largest absolute Gasteiger partial charge is 0.503 e. The van der Waals surface area contributed by atoms with E-state index in [2.05, 4.69) is 9.98 Å². The summed E-state index contributed by atoms with van der Waals surface area (Å²) in [5, 5.41) is 10.3. The number of hydrogen-bond donors (Lipinski definition) is 1. The van der Waals surface area contributed by atoms with Crippen LogP contribution in [0.25, 0.3) is 10.2 Å². The highest BCUT2D eigenvalue weighted by Crippen LogP contribution is 2.39. The topological polar surface area (TPSA) is 62.5 Å². The van der Waals surface area contributed by atoms with Gasteiger partial charge in [-0.2, -0.15) is 0 Å². The second-order valence-corrected chi connectivity index (χ2v) is 8.91. The maximum Gasteiger partial charge on any atom is 0.189 e. The lowest BCUT2D eigenvalue weighted by atomic mass is 9.80. The van der Waals surface area contributed by atoms with Gasteiger partial charge in [0, 0.05) is 17.2 Å². The van der Waals surface area contributed by atoms with Crippen molar-refractivity contribution in [3.05, 3.63) is 22.7 Å². The lowest BCUT2D eigenvalue weighted by Gasteiger charge is -2.27. The Bertz CT molecular complexity index is 886. The summed E-state index contributed by atoms with van der Waals surface area (Å²) >= 11 is 2.36. The summed E-state index contributed by atoms with van der Waals surface area (Å²) in [6.45, 7) is 7.31. The molecule has 1 unspecified atom stereocenters. The number of carbonyl (C=O) groups is 1. The van der Waals surface area contributed by atoms with E-state index >= 15 is 0 Å². The normalized spacial score (nSPS) is 21.3. The third-order valence-corrected chi connectivity index (χ3v) is 6.21. The molecule has 0 bridgehead atoms. The zero-order valence-corrected chi connectivity index (χ0v) is 15.2. The molecule has 0 spiro atoms. The minimum atomic E-state index is -1.05. The third-order valence-electron chi connectivity index (χ3n) is 3.74. The van der Waals surface area contributed by atoms with Gasteiger partial charge in [0.2, 0.25) is 0 Å². The minimum absolute atomic E-state index is 0.0217. The molecule has 8 heteroatoms. The summed E-state index contributed by atoms with van der Waals surface area (Å²) in [5.41, 5.74) is -1.26. The molecular weight excluding hydrogens is 354 g/mol. The molecule has 2 heterocycles. The number of rotatable bonds is 2. The van der Waals surface area contributed by atoms with Gasteiger partial charge in [0.25, 0.3) is 0 Å². The van der Waals surface area contributed by atoms with E-state index < -0.39 is 28.3 Å². The minimum Gasteiger partial charge on any atom is -0.503 e. The molecule has 1 aliphatic heterocycles. The van der Waals surface area contributed by atoms with Crippen molar-refractivity contribution < 1.29 is 18.7 Å². The molecule has 128 valence electrons. The highest BCUT2D eigenvalue weighted by Gasteiger charge is 2.44. The van der Waals surface area contributed by atoms with Gasteiger partial charge in [-0.05, 0) is 6.92 Å². The number of carbonyl (C=O) groups excluding carboxylic acids is 1. The average molecular weight is 370 g/mol. The van der Waals surface area contributed by atoms with E-state index in [0.717, 1.165) is 17.4 Å². The van der Waals surface area contributed by atoms with Crippen molar-refractivity contribution in [1.82, 2.24) is 4.98 Å². The molecule has 0 amide bonds. The van der Waals surface area contributed by atoms with Crippen LogP contribution in [0.2, 0.25) is 0 Å². The summed E-state index contributed by atoms with van der Waals surface area (Å²) < 4.78 is 27.5. The SMILES string of the molecule is CC(C)(C)C(=O)C1(C)CSC(c2nc3cc(F)c(O)c(F)c3s2)=N1. The fourth-order valence-corrected chi connectivity index (χ4v) is 4.83. The number of nitrogens with zero attached hydrogens (tertiary/aromatic N) is 2. The van der Waals surface area contributed by atoms with Gasteiger partial charge < -0.3 is 5.11 Å². The van der Waals surface area contributed by atoms with Gasteiger partial charge in [-0.3, -0.25) is 9.79 Å². The smallest absolute Gasteiger partial charge is 0.189 e. The Kier molecular flexibility index (Phi) is 3.95. The Morgan fingerprint density at radius 1 is 1.38 bits per heavy atom. The monoisotopic (exact) mass is 370 g/mol. The number of benzene rings is 1. The molecule has 2 aromatic rings. The predicted molar refractivity (Wildman–Crippen MR) is 93.1 cm³/mol. The first-order valence-corrected chi connectivity index (χ1v) is 9.08. The van der Waals surface area contributed by atoms with Crippen LogP contribution >= 0.6 is 23.1 Å². The number of phenols is 1. The fourth-order valence-electron chi connectivity index (χ4n) is 2.61. The zero-order valence-electron chi connectivity index (χ0n) is 13.6. The van der Waals surface area contributed by atoms with Crippen LogP contribution in [-0.4, -0.2) is 32.2 Å². The molecule has 4 nitrogen and oxygen atoms in total. The number of aromatic nitrogens is 1. The third kappa shape index (κ3) is 2.71. The first-order valence-electron chi connectivity index (χ1n) is 7.28. The number of thioether (sulfide) groups is 1.